The molecule has 1 aromatic rings. The molecular formula is C16H26N2O2. The van der Waals surface area contributed by atoms with Gasteiger partial charge in [0.15, 0.2) is 0 Å². The third-order valence-corrected chi connectivity index (χ3v) is 3.18. The minimum absolute atomic E-state index is 0.00128. The quantitative estimate of drug-likeness (QED) is 0.719. The number of aryl methyl sites for hydroxylation is 1. The van der Waals surface area contributed by atoms with Crippen LogP contribution in [0.25, 0.3) is 0 Å². The number of hydrogen-bond donors (Lipinski definition) is 2. The zero-order valence-corrected chi connectivity index (χ0v) is 13.0. The molecule has 1 aromatic carbocycles. The van der Waals surface area contributed by atoms with Gasteiger partial charge in [-0.25, -0.2) is 0 Å². The summed E-state index contributed by atoms with van der Waals surface area (Å²) in [5, 5.41) is 6.13. The van der Waals surface area contributed by atoms with Crippen molar-refractivity contribution in [1.29, 1.82) is 0 Å². The van der Waals surface area contributed by atoms with Crippen molar-refractivity contribution < 1.29 is 9.53 Å². The van der Waals surface area contributed by atoms with E-state index in [1.807, 2.05) is 19.1 Å². The molecule has 1 rings (SSSR count). The van der Waals surface area contributed by atoms with Crippen molar-refractivity contribution in [2.45, 2.75) is 33.1 Å². The summed E-state index contributed by atoms with van der Waals surface area (Å²) in [6, 6.07) is 6.12. The Bertz CT molecular complexity index is 430. The van der Waals surface area contributed by atoms with Crippen molar-refractivity contribution in [2.75, 3.05) is 32.1 Å². The fraction of sp³-hybridized carbons (Fsp3) is 0.562. The van der Waals surface area contributed by atoms with Gasteiger partial charge in [0.1, 0.15) is 0 Å². The van der Waals surface area contributed by atoms with Crippen molar-refractivity contribution in [3.8, 4) is 0 Å². The molecule has 0 saturated heterocycles. The Morgan fingerprint density at radius 1 is 1.35 bits per heavy atom. The van der Waals surface area contributed by atoms with Gasteiger partial charge in [-0.15, -0.1) is 0 Å². The average Bonchev–Trinajstić information content (AvgIpc) is 2.40. The smallest absolute Gasteiger partial charge is 0.238 e. The highest BCUT2D eigenvalue weighted by atomic mass is 16.5. The highest BCUT2D eigenvalue weighted by Crippen LogP contribution is 2.27. The minimum atomic E-state index is -0.00128. The predicted molar refractivity (Wildman–Crippen MR) is 83.3 cm³/mol. The molecule has 0 aromatic heterocycles. The Labute approximate surface area is 121 Å². The second-order valence-electron chi connectivity index (χ2n) is 5.27. The van der Waals surface area contributed by atoms with Gasteiger partial charge in [0.05, 0.1) is 6.54 Å². The SMILES string of the molecule is COCCCNCC(=O)Nc1c(C)cccc1C(C)C. The van der Waals surface area contributed by atoms with Crippen LogP contribution >= 0.6 is 0 Å². The van der Waals surface area contributed by atoms with Crippen LogP contribution < -0.4 is 10.6 Å². The number of benzene rings is 1. The van der Waals surface area contributed by atoms with Crippen LogP contribution in [0.4, 0.5) is 5.69 Å². The van der Waals surface area contributed by atoms with E-state index < -0.39 is 0 Å². The number of nitrogens with one attached hydrogen (secondary N) is 2. The molecule has 1 amide bonds. The van der Waals surface area contributed by atoms with Gasteiger partial charge in [0, 0.05) is 19.4 Å². The number of carbonyl (C=O) groups excluding carboxylic acids is 1. The molecule has 0 aliphatic rings. The highest BCUT2D eigenvalue weighted by molar-refractivity contribution is 5.93. The summed E-state index contributed by atoms with van der Waals surface area (Å²) < 4.78 is 4.96. The lowest BCUT2D eigenvalue weighted by atomic mass is 9.98. The molecule has 0 saturated carbocycles. The number of hydrogen-bond acceptors (Lipinski definition) is 3. The Kier molecular flexibility index (Phi) is 7.26. The molecule has 0 spiro atoms. The van der Waals surface area contributed by atoms with E-state index in [4.69, 9.17) is 4.74 Å². The normalized spacial score (nSPS) is 10.8. The Hall–Kier alpha value is -1.39. The highest BCUT2D eigenvalue weighted by Gasteiger charge is 2.11. The molecule has 0 aliphatic heterocycles. The summed E-state index contributed by atoms with van der Waals surface area (Å²) in [7, 11) is 1.68. The molecule has 0 unspecified atom stereocenters. The Balaban J connectivity index is 2.53. The van der Waals surface area contributed by atoms with Crippen molar-refractivity contribution in [1.82, 2.24) is 5.32 Å². The number of rotatable bonds is 8. The van der Waals surface area contributed by atoms with Crippen LogP contribution in [0, 0.1) is 6.92 Å². The zero-order chi connectivity index (χ0) is 15.0. The summed E-state index contributed by atoms with van der Waals surface area (Å²) >= 11 is 0. The number of amides is 1. The van der Waals surface area contributed by atoms with E-state index in [1.165, 1.54) is 5.56 Å². The van der Waals surface area contributed by atoms with Crippen molar-refractivity contribution >= 4 is 11.6 Å². The maximum absolute atomic E-state index is 12.0. The van der Waals surface area contributed by atoms with Crippen molar-refractivity contribution in [3.05, 3.63) is 29.3 Å². The molecule has 0 fully saturated rings. The van der Waals surface area contributed by atoms with Crippen LogP contribution in [0.5, 0.6) is 0 Å². The Morgan fingerprint density at radius 2 is 2.10 bits per heavy atom. The minimum Gasteiger partial charge on any atom is -0.385 e. The molecule has 4 heteroatoms. The van der Waals surface area contributed by atoms with Gasteiger partial charge in [-0.1, -0.05) is 32.0 Å². The van der Waals surface area contributed by atoms with Crippen LogP contribution in [0.1, 0.15) is 37.3 Å². The van der Waals surface area contributed by atoms with E-state index >= 15 is 0 Å². The Morgan fingerprint density at radius 3 is 2.75 bits per heavy atom. The number of carbonyl (C=O) groups is 1. The maximum atomic E-state index is 12.0. The van der Waals surface area contributed by atoms with Crippen LogP contribution in [-0.4, -0.2) is 32.7 Å². The van der Waals surface area contributed by atoms with Gasteiger partial charge in [-0.05, 0) is 36.9 Å². The van der Waals surface area contributed by atoms with Crippen molar-refractivity contribution in [3.63, 3.8) is 0 Å². The third-order valence-electron chi connectivity index (χ3n) is 3.18. The standard InChI is InChI=1S/C16H26N2O2/c1-12(2)14-8-5-7-13(3)16(14)18-15(19)11-17-9-6-10-20-4/h5,7-8,12,17H,6,9-11H2,1-4H3,(H,18,19). The molecule has 0 atom stereocenters. The van der Waals surface area contributed by atoms with Gasteiger partial charge >= 0.3 is 0 Å². The van der Waals surface area contributed by atoms with Gasteiger partial charge in [-0.3, -0.25) is 4.79 Å². The maximum Gasteiger partial charge on any atom is 0.238 e. The zero-order valence-electron chi connectivity index (χ0n) is 13.0. The molecule has 4 nitrogen and oxygen atoms in total. The van der Waals surface area contributed by atoms with Crippen LogP contribution in [-0.2, 0) is 9.53 Å². The second-order valence-corrected chi connectivity index (χ2v) is 5.27. The molecule has 0 heterocycles. The largest absolute Gasteiger partial charge is 0.385 e. The fourth-order valence-corrected chi connectivity index (χ4v) is 2.07. The van der Waals surface area contributed by atoms with E-state index in [0.717, 1.165) is 24.2 Å². The first-order valence-corrected chi connectivity index (χ1v) is 7.15. The van der Waals surface area contributed by atoms with E-state index in [1.54, 1.807) is 7.11 Å². The van der Waals surface area contributed by atoms with E-state index in [9.17, 15) is 4.79 Å². The van der Waals surface area contributed by atoms with Gasteiger partial charge in [0.25, 0.3) is 0 Å². The lowest BCUT2D eigenvalue weighted by Crippen LogP contribution is -2.29. The molecular weight excluding hydrogens is 252 g/mol. The molecule has 0 bridgehead atoms. The monoisotopic (exact) mass is 278 g/mol. The van der Waals surface area contributed by atoms with Crippen LogP contribution in [0.3, 0.4) is 0 Å². The fourth-order valence-electron chi connectivity index (χ4n) is 2.07. The number of ether oxygens (including phenoxy) is 1. The average molecular weight is 278 g/mol. The third kappa shape index (κ3) is 5.31. The summed E-state index contributed by atoms with van der Waals surface area (Å²) in [6.07, 6.45) is 0.908. The summed E-state index contributed by atoms with van der Waals surface area (Å²) in [6.45, 7) is 8.11. The van der Waals surface area contributed by atoms with Crippen LogP contribution in [0.15, 0.2) is 18.2 Å². The predicted octanol–water partition coefficient (Wildman–Crippen LogP) is 2.68. The first-order valence-electron chi connectivity index (χ1n) is 7.15. The van der Waals surface area contributed by atoms with E-state index in [0.29, 0.717) is 19.1 Å². The van der Waals surface area contributed by atoms with Crippen LogP contribution in [0.2, 0.25) is 0 Å². The van der Waals surface area contributed by atoms with Gasteiger partial charge in [-0.2, -0.15) is 0 Å². The molecule has 112 valence electrons. The number of para-hydroxylation sites is 1. The van der Waals surface area contributed by atoms with Crippen molar-refractivity contribution in [2.24, 2.45) is 0 Å². The summed E-state index contributed by atoms with van der Waals surface area (Å²) in [4.78, 5) is 12.0. The number of anilines is 1. The van der Waals surface area contributed by atoms with Gasteiger partial charge < -0.3 is 15.4 Å². The van der Waals surface area contributed by atoms with Gasteiger partial charge in [0.2, 0.25) is 5.91 Å². The summed E-state index contributed by atoms with van der Waals surface area (Å²) in [5.41, 5.74) is 3.23. The number of methoxy groups -OCH3 is 1. The lowest BCUT2D eigenvalue weighted by molar-refractivity contribution is -0.115. The first kappa shape index (κ1) is 16.7. The molecule has 0 radical (unpaired) electrons. The topological polar surface area (TPSA) is 50.4 Å². The van der Waals surface area contributed by atoms with E-state index in [2.05, 4.69) is 30.5 Å². The second kappa shape index (κ2) is 8.72. The molecule has 20 heavy (non-hydrogen) atoms. The van der Waals surface area contributed by atoms with E-state index in [-0.39, 0.29) is 5.91 Å². The molecule has 0 aliphatic carbocycles. The summed E-state index contributed by atoms with van der Waals surface area (Å²) in [5.74, 6) is 0.387. The lowest BCUT2D eigenvalue weighted by Gasteiger charge is -2.16. The first-order chi connectivity index (χ1) is 9.56. The molecule has 2 N–H and O–H groups in total.